The van der Waals surface area contributed by atoms with Crippen LogP contribution < -0.4 is 0 Å². The van der Waals surface area contributed by atoms with Crippen LogP contribution in [0.4, 0.5) is 0 Å². The highest BCUT2D eigenvalue weighted by molar-refractivity contribution is 6.43. The van der Waals surface area contributed by atoms with Crippen molar-refractivity contribution in [1.29, 1.82) is 0 Å². The highest BCUT2D eigenvalue weighted by atomic mass is 14.3. The summed E-state index contributed by atoms with van der Waals surface area (Å²) in [7, 11) is 0. The topological polar surface area (TPSA) is 0 Å². The molecule has 0 heterocycles. The smallest absolute Gasteiger partial charge is 0.000740 e. The van der Waals surface area contributed by atoms with E-state index in [1.807, 2.05) is 0 Å². The quantitative estimate of drug-likeness (QED) is 0.129. The summed E-state index contributed by atoms with van der Waals surface area (Å²) in [6.07, 6.45) is 0. The maximum atomic E-state index is 2.51. The van der Waals surface area contributed by atoms with Gasteiger partial charge in [0.2, 0.25) is 0 Å². The van der Waals surface area contributed by atoms with Crippen molar-refractivity contribution in [3.8, 4) is 66.8 Å². The van der Waals surface area contributed by atoms with E-state index in [4.69, 9.17) is 0 Å². The molecule has 0 heteroatoms. The summed E-state index contributed by atoms with van der Waals surface area (Å²) >= 11 is 0. The lowest BCUT2D eigenvalue weighted by atomic mass is 9.81. The average molecular weight is 653 g/mol. The Balaban J connectivity index is 1.28. The minimum absolute atomic E-state index is 1.26. The highest BCUT2D eigenvalue weighted by Crippen LogP contribution is 2.59. The van der Waals surface area contributed by atoms with E-state index >= 15 is 0 Å². The molecule has 0 unspecified atom stereocenters. The second-order valence-corrected chi connectivity index (χ2v) is 14.7. The molecule has 0 aliphatic heterocycles. The van der Waals surface area contributed by atoms with Crippen LogP contribution in [-0.4, -0.2) is 0 Å². The molecular weight excluding hydrogens is 625 g/mol. The predicted octanol–water partition coefficient (Wildman–Crippen LogP) is 14.7. The molecule has 13 rings (SSSR count). The SMILES string of the molecule is c1ccc(-c2cc3c4c(ccc5c6c(-c7ccccc7)cc7c8c(ccc(c2c45)c86)-c2cc4ccccc4cc2-7)-c2cc4ccccc4cc2-3)cc1. The van der Waals surface area contributed by atoms with Gasteiger partial charge in [-0.3, -0.25) is 0 Å². The Kier molecular flexibility index (Phi) is 4.94. The van der Waals surface area contributed by atoms with Gasteiger partial charge < -0.3 is 0 Å². The van der Waals surface area contributed by atoms with Crippen molar-refractivity contribution in [3.63, 3.8) is 0 Å². The molecule has 236 valence electrons. The fraction of sp³-hybridized carbons (Fsp3) is 0. The van der Waals surface area contributed by atoms with Gasteiger partial charge in [-0.15, -0.1) is 0 Å². The maximum absolute atomic E-state index is 2.51. The molecule has 0 fully saturated rings. The number of benzene rings is 11. The fourth-order valence-electron chi connectivity index (χ4n) is 10.0. The van der Waals surface area contributed by atoms with E-state index in [-0.39, 0.29) is 0 Å². The van der Waals surface area contributed by atoms with Crippen molar-refractivity contribution in [1.82, 2.24) is 0 Å². The van der Waals surface area contributed by atoms with E-state index in [9.17, 15) is 0 Å². The van der Waals surface area contributed by atoms with Crippen molar-refractivity contribution in [3.05, 3.63) is 170 Å². The zero-order chi connectivity index (χ0) is 33.7. The summed E-state index contributed by atoms with van der Waals surface area (Å²) in [4.78, 5) is 0. The lowest BCUT2D eigenvalue weighted by Crippen LogP contribution is -1.94. The first-order valence-corrected chi connectivity index (χ1v) is 18.3. The largest absolute Gasteiger partial charge is 0.0622 e. The van der Waals surface area contributed by atoms with E-state index < -0.39 is 0 Å². The summed E-state index contributed by atoms with van der Waals surface area (Å²) in [5, 5.41) is 16.0. The summed E-state index contributed by atoms with van der Waals surface area (Å²) in [5.41, 5.74) is 15.8. The number of fused-ring (bicyclic) bond motifs is 10. The minimum atomic E-state index is 1.26. The average Bonchev–Trinajstić information content (AvgIpc) is 3.69. The molecule has 0 aromatic heterocycles. The van der Waals surface area contributed by atoms with Crippen LogP contribution in [0.5, 0.6) is 0 Å². The van der Waals surface area contributed by atoms with Crippen molar-refractivity contribution in [2.75, 3.05) is 0 Å². The molecule has 0 bridgehead atoms. The molecule has 2 aliphatic rings. The zero-order valence-electron chi connectivity index (χ0n) is 28.2. The maximum Gasteiger partial charge on any atom is -0.000740 e. The first-order chi connectivity index (χ1) is 25.8. The van der Waals surface area contributed by atoms with E-state index in [1.165, 1.54) is 131 Å². The zero-order valence-corrected chi connectivity index (χ0v) is 28.2. The van der Waals surface area contributed by atoms with E-state index in [0.717, 1.165) is 0 Å². The van der Waals surface area contributed by atoms with Crippen LogP contribution in [0.15, 0.2) is 170 Å². The molecule has 11 aromatic carbocycles. The second-order valence-electron chi connectivity index (χ2n) is 14.7. The molecule has 52 heavy (non-hydrogen) atoms. The van der Waals surface area contributed by atoms with Gasteiger partial charge in [-0.05, 0) is 168 Å². The molecule has 0 nitrogen and oxygen atoms in total. The lowest BCUT2D eigenvalue weighted by Gasteiger charge is -2.22. The summed E-state index contributed by atoms with van der Waals surface area (Å²) in [6, 6.07) is 64.1. The van der Waals surface area contributed by atoms with Crippen LogP contribution in [-0.2, 0) is 0 Å². The predicted molar refractivity (Wildman–Crippen MR) is 222 cm³/mol. The number of hydrogen-bond donors (Lipinski definition) is 0. The van der Waals surface area contributed by atoms with Crippen molar-refractivity contribution in [2.24, 2.45) is 0 Å². The van der Waals surface area contributed by atoms with Gasteiger partial charge in [-0.1, -0.05) is 133 Å². The molecule has 11 aromatic rings. The van der Waals surface area contributed by atoms with Crippen LogP contribution in [0.3, 0.4) is 0 Å². The normalized spacial score (nSPS) is 12.6. The van der Waals surface area contributed by atoms with Crippen LogP contribution in [0.2, 0.25) is 0 Å². The van der Waals surface area contributed by atoms with Gasteiger partial charge in [0.1, 0.15) is 0 Å². The van der Waals surface area contributed by atoms with Crippen LogP contribution in [0.25, 0.3) is 131 Å². The Labute approximate surface area is 300 Å². The minimum Gasteiger partial charge on any atom is -0.0622 e. The number of rotatable bonds is 2. The Bertz CT molecular complexity index is 3140. The van der Waals surface area contributed by atoms with E-state index in [0.29, 0.717) is 0 Å². The second kappa shape index (κ2) is 9.51. The first-order valence-electron chi connectivity index (χ1n) is 18.3. The van der Waals surface area contributed by atoms with Crippen LogP contribution in [0.1, 0.15) is 0 Å². The molecule has 0 spiro atoms. The van der Waals surface area contributed by atoms with Crippen molar-refractivity contribution < 1.29 is 0 Å². The Hall–Kier alpha value is -6.76. The third-order valence-electron chi connectivity index (χ3n) is 12.2. The molecule has 0 saturated carbocycles. The molecule has 0 saturated heterocycles. The first kappa shape index (κ1) is 27.0. The Morgan fingerprint density at radius 2 is 0.538 bits per heavy atom. The van der Waals surface area contributed by atoms with Gasteiger partial charge in [0.05, 0.1) is 0 Å². The lowest BCUT2D eigenvalue weighted by molar-refractivity contribution is 1.66. The van der Waals surface area contributed by atoms with Gasteiger partial charge in [0.25, 0.3) is 0 Å². The molecular formula is C52H28. The third-order valence-corrected chi connectivity index (χ3v) is 12.2. The van der Waals surface area contributed by atoms with Crippen LogP contribution in [0, 0.1) is 0 Å². The van der Waals surface area contributed by atoms with Gasteiger partial charge in [0, 0.05) is 0 Å². The van der Waals surface area contributed by atoms with Crippen LogP contribution >= 0.6 is 0 Å². The summed E-state index contributed by atoms with van der Waals surface area (Å²) in [6.45, 7) is 0. The van der Waals surface area contributed by atoms with Crippen molar-refractivity contribution in [2.45, 2.75) is 0 Å². The summed E-state index contributed by atoms with van der Waals surface area (Å²) in [5.74, 6) is 0. The summed E-state index contributed by atoms with van der Waals surface area (Å²) < 4.78 is 0. The highest BCUT2D eigenvalue weighted by Gasteiger charge is 2.31. The Morgan fingerprint density at radius 3 is 0.923 bits per heavy atom. The monoisotopic (exact) mass is 652 g/mol. The van der Waals surface area contributed by atoms with Crippen molar-refractivity contribution >= 4 is 64.6 Å². The third kappa shape index (κ3) is 3.29. The molecule has 2 aliphatic carbocycles. The Morgan fingerprint density at radius 1 is 0.192 bits per heavy atom. The molecule has 0 N–H and O–H groups in total. The molecule has 0 radical (unpaired) electrons. The van der Waals surface area contributed by atoms with Gasteiger partial charge in [0.15, 0.2) is 0 Å². The molecule has 0 atom stereocenters. The standard InChI is InChI=1S/C52H28/c1-3-11-29(12-4-1)39-27-45-43-25-33-17-9-7-15-31(33)23-41(43)35-20-22-38-50-40(30-13-5-2-6-14-30)28-46-44-26-34-18-10-8-16-32(34)24-42(44)36-19-21-37(52(50)48(36)46)49(39)51(38)47(35)45/h1-28H. The van der Waals surface area contributed by atoms with E-state index in [2.05, 4.69) is 170 Å². The van der Waals surface area contributed by atoms with Gasteiger partial charge in [-0.2, -0.15) is 0 Å². The fourth-order valence-corrected chi connectivity index (χ4v) is 10.0. The molecule has 0 amide bonds. The number of hydrogen-bond acceptors (Lipinski definition) is 0. The van der Waals surface area contributed by atoms with Gasteiger partial charge >= 0.3 is 0 Å². The van der Waals surface area contributed by atoms with E-state index in [1.54, 1.807) is 0 Å². The van der Waals surface area contributed by atoms with Gasteiger partial charge in [-0.25, -0.2) is 0 Å².